The van der Waals surface area contributed by atoms with Crippen molar-refractivity contribution in [3.63, 3.8) is 0 Å². The fraction of sp³-hybridized carbons (Fsp3) is 0.811. The Kier molecular flexibility index (Phi) is 8.08. The Labute approximate surface area is 245 Å². The van der Waals surface area contributed by atoms with Gasteiger partial charge in [0.05, 0.1) is 11.7 Å². The topological polar surface area (TPSA) is 46.5 Å². The summed E-state index contributed by atoms with van der Waals surface area (Å²) in [5.74, 6) is 3.38. The summed E-state index contributed by atoms with van der Waals surface area (Å²) in [5, 5.41) is 12.1. The van der Waals surface area contributed by atoms with Crippen LogP contribution in [0, 0.1) is 57.2 Å². The highest BCUT2D eigenvalue weighted by molar-refractivity contribution is 5.89. The van der Waals surface area contributed by atoms with Crippen molar-refractivity contribution >= 4 is 5.97 Å². The number of carbonyl (C=O) groups excluding carboxylic acids is 1. The first-order chi connectivity index (χ1) is 18.8. The largest absolute Gasteiger partial charge is 0.458 e. The van der Waals surface area contributed by atoms with Crippen LogP contribution in [0.4, 0.5) is 0 Å². The number of esters is 1. The molecule has 0 radical (unpaired) electrons. The smallest absolute Gasteiger partial charge is 0.338 e. The van der Waals surface area contributed by atoms with Gasteiger partial charge in [-0.05, 0) is 109 Å². The van der Waals surface area contributed by atoms with Crippen molar-refractivity contribution in [3.05, 3.63) is 35.9 Å². The predicted octanol–water partition coefficient (Wildman–Crippen LogP) is 9.33. The fourth-order valence-electron chi connectivity index (χ4n) is 11.4. The number of ether oxygens (including phenoxy) is 1. The first-order valence-electron chi connectivity index (χ1n) is 16.7. The number of benzene rings is 1. The third kappa shape index (κ3) is 4.69. The molecular weight excluding hydrogens is 492 g/mol. The number of rotatable bonds is 7. The number of fused-ring (bicyclic) bond motifs is 5. The summed E-state index contributed by atoms with van der Waals surface area (Å²) in [6, 6.07) is 9.42. The summed E-state index contributed by atoms with van der Waals surface area (Å²) in [6.45, 7) is 19.6. The van der Waals surface area contributed by atoms with Crippen molar-refractivity contribution < 1.29 is 14.6 Å². The highest BCUT2D eigenvalue weighted by Crippen LogP contribution is 2.74. The second-order valence-electron chi connectivity index (χ2n) is 16.4. The summed E-state index contributed by atoms with van der Waals surface area (Å²) in [6.07, 6.45) is 11.6. The molecule has 0 aromatic heterocycles. The van der Waals surface area contributed by atoms with Crippen molar-refractivity contribution in [2.45, 2.75) is 132 Å². The van der Waals surface area contributed by atoms with E-state index >= 15 is 0 Å². The first-order valence-corrected chi connectivity index (χ1v) is 16.7. The highest BCUT2D eigenvalue weighted by Gasteiger charge is 2.69. The molecule has 1 N–H and O–H groups in total. The molecule has 0 saturated heterocycles. The normalized spacial score (nSPS) is 43.0. The number of hydrogen-bond acceptors (Lipinski definition) is 3. The van der Waals surface area contributed by atoms with Crippen LogP contribution in [-0.2, 0) is 4.74 Å². The molecule has 0 aliphatic heterocycles. The maximum absolute atomic E-state index is 13.0. The molecule has 4 fully saturated rings. The quantitative estimate of drug-likeness (QED) is 0.344. The van der Waals surface area contributed by atoms with Crippen LogP contribution < -0.4 is 0 Å². The zero-order valence-corrected chi connectivity index (χ0v) is 26.8. The maximum atomic E-state index is 13.0. The Balaban J connectivity index is 1.36. The van der Waals surface area contributed by atoms with Crippen LogP contribution in [0.2, 0.25) is 0 Å². The van der Waals surface area contributed by atoms with Crippen LogP contribution in [-0.4, -0.2) is 23.3 Å². The van der Waals surface area contributed by atoms with Gasteiger partial charge in [-0.25, -0.2) is 4.79 Å². The molecule has 4 saturated carbocycles. The molecule has 1 aromatic rings. The standard InChI is InChI=1S/C37H58O3/c1-24(2)13-12-14-25(3)27-17-22-37(8)32-28(18-21-36(27,37)7)35(6)20-19-31(34(4,5)30(35)23-29(32)38)40-33(39)26-15-10-9-11-16-26/h9-11,15-16,24-25,27-32,38H,12-14,17-23H2,1-8H3/t25-,27-,28+,29-,30?,31+,32+,35-,36-,37+/m1/s1. The SMILES string of the molecule is CC(C)CCC[C@@H](C)[C@H]1CC[C@@]2(C)[C@@H]3[C@H](O)CC4C(C)(C)[C@@H](OC(=O)c5ccccc5)CC[C@]4(C)[C@H]3CC[C@]12C. The van der Waals surface area contributed by atoms with E-state index in [4.69, 9.17) is 4.74 Å². The van der Waals surface area contributed by atoms with E-state index in [1.165, 1.54) is 44.9 Å². The molecule has 4 aliphatic carbocycles. The van der Waals surface area contributed by atoms with Gasteiger partial charge in [-0.3, -0.25) is 0 Å². The van der Waals surface area contributed by atoms with Crippen molar-refractivity contribution in [1.29, 1.82) is 0 Å². The molecule has 0 spiro atoms. The summed E-state index contributed by atoms with van der Waals surface area (Å²) >= 11 is 0. The van der Waals surface area contributed by atoms with E-state index in [2.05, 4.69) is 55.4 Å². The van der Waals surface area contributed by atoms with E-state index in [0.29, 0.717) is 28.7 Å². The summed E-state index contributed by atoms with van der Waals surface area (Å²) in [4.78, 5) is 13.0. The van der Waals surface area contributed by atoms with Crippen LogP contribution in [0.1, 0.15) is 130 Å². The lowest BCUT2D eigenvalue weighted by atomic mass is 9.37. The second kappa shape index (κ2) is 10.7. The van der Waals surface area contributed by atoms with E-state index in [9.17, 15) is 9.90 Å². The highest BCUT2D eigenvalue weighted by atomic mass is 16.5. The van der Waals surface area contributed by atoms with Crippen LogP contribution in [0.15, 0.2) is 30.3 Å². The van der Waals surface area contributed by atoms with Gasteiger partial charge < -0.3 is 9.84 Å². The van der Waals surface area contributed by atoms with Crippen molar-refractivity contribution in [1.82, 2.24) is 0 Å². The molecule has 0 bridgehead atoms. The Bertz CT molecular complexity index is 1050. The number of aliphatic hydroxyl groups is 1. The molecule has 40 heavy (non-hydrogen) atoms. The van der Waals surface area contributed by atoms with Gasteiger partial charge in [0, 0.05) is 5.41 Å². The Morgan fingerprint density at radius 3 is 2.27 bits per heavy atom. The van der Waals surface area contributed by atoms with Crippen LogP contribution in [0.3, 0.4) is 0 Å². The number of hydrogen-bond donors (Lipinski definition) is 1. The number of aliphatic hydroxyl groups excluding tert-OH is 1. The van der Waals surface area contributed by atoms with Gasteiger partial charge in [-0.15, -0.1) is 0 Å². The lowest BCUT2D eigenvalue weighted by Gasteiger charge is -2.68. The van der Waals surface area contributed by atoms with E-state index in [1.807, 2.05) is 30.3 Å². The molecular formula is C37H58O3. The van der Waals surface area contributed by atoms with Gasteiger partial charge >= 0.3 is 5.97 Å². The Morgan fingerprint density at radius 2 is 1.60 bits per heavy atom. The molecule has 3 nitrogen and oxygen atoms in total. The molecule has 224 valence electrons. The molecule has 5 rings (SSSR count). The zero-order chi connectivity index (χ0) is 29.1. The van der Waals surface area contributed by atoms with Gasteiger partial charge in [0.25, 0.3) is 0 Å². The van der Waals surface area contributed by atoms with E-state index in [1.54, 1.807) is 0 Å². The van der Waals surface area contributed by atoms with Gasteiger partial charge in [0.1, 0.15) is 6.10 Å². The van der Waals surface area contributed by atoms with Gasteiger partial charge in [0.2, 0.25) is 0 Å². The molecule has 3 heteroatoms. The minimum absolute atomic E-state index is 0.117. The minimum atomic E-state index is -0.273. The maximum Gasteiger partial charge on any atom is 0.338 e. The monoisotopic (exact) mass is 550 g/mol. The Hall–Kier alpha value is -1.35. The lowest BCUT2D eigenvalue weighted by Crippen LogP contribution is -2.65. The summed E-state index contributed by atoms with van der Waals surface area (Å²) < 4.78 is 6.23. The van der Waals surface area contributed by atoms with Crippen molar-refractivity contribution in [2.24, 2.45) is 57.2 Å². The van der Waals surface area contributed by atoms with Gasteiger partial charge in [-0.2, -0.15) is 0 Å². The van der Waals surface area contributed by atoms with Crippen molar-refractivity contribution in [3.8, 4) is 0 Å². The van der Waals surface area contributed by atoms with Crippen LogP contribution in [0.5, 0.6) is 0 Å². The zero-order valence-electron chi connectivity index (χ0n) is 26.8. The lowest BCUT2D eigenvalue weighted by molar-refractivity contribution is -0.234. The second-order valence-corrected chi connectivity index (χ2v) is 16.4. The first kappa shape index (κ1) is 30.1. The van der Waals surface area contributed by atoms with E-state index < -0.39 is 0 Å². The fourth-order valence-corrected chi connectivity index (χ4v) is 11.4. The Morgan fingerprint density at radius 1 is 0.925 bits per heavy atom. The van der Waals surface area contributed by atoms with E-state index in [-0.39, 0.29) is 34.4 Å². The van der Waals surface area contributed by atoms with Crippen LogP contribution >= 0.6 is 0 Å². The third-order valence-corrected chi connectivity index (χ3v) is 13.8. The van der Waals surface area contributed by atoms with E-state index in [0.717, 1.165) is 37.0 Å². The summed E-state index contributed by atoms with van der Waals surface area (Å²) in [7, 11) is 0. The number of carbonyl (C=O) groups is 1. The average molecular weight is 551 g/mol. The summed E-state index contributed by atoms with van der Waals surface area (Å²) in [5.41, 5.74) is 1.14. The van der Waals surface area contributed by atoms with Gasteiger partial charge in [-0.1, -0.05) is 92.9 Å². The minimum Gasteiger partial charge on any atom is -0.458 e. The molecule has 1 aromatic carbocycles. The third-order valence-electron chi connectivity index (χ3n) is 13.8. The van der Waals surface area contributed by atoms with Gasteiger partial charge in [0.15, 0.2) is 0 Å². The van der Waals surface area contributed by atoms with Crippen LogP contribution in [0.25, 0.3) is 0 Å². The molecule has 1 unspecified atom stereocenters. The molecule has 4 aliphatic rings. The van der Waals surface area contributed by atoms with Crippen molar-refractivity contribution in [2.75, 3.05) is 0 Å². The molecule has 10 atom stereocenters. The predicted molar refractivity (Wildman–Crippen MR) is 164 cm³/mol. The average Bonchev–Trinajstić information content (AvgIpc) is 3.18. The molecule has 0 heterocycles. The molecule has 0 amide bonds.